The van der Waals surface area contributed by atoms with Gasteiger partial charge < -0.3 is 9.94 Å². The van der Waals surface area contributed by atoms with Crippen LogP contribution in [-0.4, -0.2) is 46.1 Å². The number of halogens is 2. The normalized spacial score (nSPS) is 20.8. The van der Waals surface area contributed by atoms with E-state index in [1.807, 2.05) is 0 Å². The van der Waals surface area contributed by atoms with Crippen molar-refractivity contribution in [3.05, 3.63) is 32.7 Å². The van der Waals surface area contributed by atoms with Gasteiger partial charge in [0.15, 0.2) is 0 Å². The van der Waals surface area contributed by atoms with Gasteiger partial charge in [0.2, 0.25) is 0 Å². The molecule has 0 aromatic heterocycles. The number of carbonyl (C=O) groups is 4. The second-order valence-corrected chi connectivity index (χ2v) is 8.89. The molecule has 1 unspecified atom stereocenters. The number of benzene rings is 1. The molecule has 1 fully saturated rings. The first-order valence-electron chi connectivity index (χ1n) is 8.03. The van der Waals surface area contributed by atoms with Crippen LogP contribution in [0.15, 0.2) is 32.4 Å². The number of carbonyl (C=O) groups excluding carboxylic acids is 4. The first kappa shape index (κ1) is 21.2. The van der Waals surface area contributed by atoms with E-state index < -0.39 is 29.5 Å². The number of thioether (sulfide) groups is 2. The molecule has 1 aromatic carbocycles. The van der Waals surface area contributed by atoms with Gasteiger partial charge in [-0.25, -0.2) is 4.79 Å². The number of aldehydes is 1. The Balaban J connectivity index is 1.87. The molecule has 2 aliphatic rings. The average molecular weight is 462 g/mol. The number of hydroxylamine groups is 2. The zero-order chi connectivity index (χ0) is 20.4. The fraction of sp³-hybridized carbons (Fsp3) is 0.294. The van der Waals surface area contributed by atoms with Crippen molar-refractivity contribution in [3.8, 4) is 0 Å². The van der Waals surface area contributed by atoms with Crippen LogP contribution in [0.1, 0.15) is 19.3 Å². The molecule has 1 aromatic rings. The second kappa shape index (κ2) is 8.87. The third-order valence-corrected chi connectivity index (χ3v) is 7.80. The highest BCUT2D eigenvalue weighted by atomic mass is 35.5. The Labute approximate surface area is 178 Å². The lowest BCUT2D eigenvalue weighted by molar-refractivity contribution is -0.196. The molecule has 2 amide bonds. The van der Waals surface area contributed by atoms with Gasteiger partial charge >= 0.3 is 5.97 Å². The van der Waals surface area contributed by atoms with Crippen LogP contribution >= 0.6 is 46.7 Å². The molecule has 1 N–H and O–H groups in total. The predicted octanol–water partition coefficient (Wildman–Crippen LogP) is 3.00. The minimum Gasteiger partial charge on any atom is -0.395 e. The minimum atomic E-state index is -0.927. The van der Waals surface area contributed by atoms with Crippen LogP contribution in [0.5, 0.6) is 0 Å². The van der Waals surface area contributed by atoms with E-state index in [9.17, 15) is 24.3 Å². The summed E-state index contributed by atoms with van der Waals surface area (Å²) in [4.78, 5) is 53.5. The van der Waals surface area contributed by atoms with Gasteiger partial charge in [0, 0.05) is 33.1 Å². The molecule has 2 heterocycles. The quantitative estimate of drug-likeness (QED) is 0.405. The summed E-state index contributed by atoms with van der Waals surface area (Å²) in [6, 6.07) is 3.26. The summed E-state index contributed by atoms with van der Waals surface area (Å²) in [7, 11) is 0. The molecule has 148 valence electrons. The number of aliphatic hydroxyl groups excluding tert-OH is 1. The maximum atomic E-state index is 12.2. The number of nitrogens with zero attached hydrogens (tertiary/aromatic N) is 1. The summed E-state index contributed by atoms with van der Waals surface area (Å²) in [5, 5.41) is 10.5. The van der Waals surface area contributed by atoms with Crippen molar-refractivity contribution in [3.63, 3.8) is 0 Å². The van der Waals surface area contributed by atoms with E-state index >= 15 is 0 Å². The molecule has 0 aliphatic carbocycles. The second-order valence-electron chi connectivity index (χ2n) is 5.81. The Morgan fingerprint density at radius 1 is 1.21 bits per heavy atom. The van der Waals surface area contributed by atoms with E-state index in [1.165, 1.54) is 11.8 Å². The van der Waals surface area contributed by atoms with Crippen molar-refractivity contribution in [2.24, 2.45) is 0 Å². The Kier molecular flexibility index (Phi) is 6.72. The fourth-order valence-corrected chi connectivity index (χ4v) is 5.91. The summed E-state index contributed by atoms with van der Waals surface area (Å²) in [6.45, 7) is -0.301. The molecule has 28 heavy (non-hydrogen) atoms. The van der Waals surface area contributed by atoms with E-state index in [0.717, 1.165) is 11.8 Å². The number of amides is 2. The lowest BCUT2D eigenvalue weighted by Gasteiger charge is -2.27. The van der Waals surface area contributed by atoms with Crippen LogP contribution < -0.4 is 0 Å². The van der Waals surface area contributed by atoms with E-state index in [1.54, 1.807) is 12.1 Å². The fourth-order valence-electron chi connectivity index (χ4n) is 2.62. The Morgan fingerprint density at radius 2 is 1.82 bits per heavy atom. The van der Waals surface area contributed by atoms with Crippen molar-refractivity contribution in [2.75, 3.05) is 6.61 Å². The average Bonchev–Trinajstić information content (AvgIpc) is 3.00. The molecule has 7 nitrogen and oxygen atoms in total. The van der Waals surface area contributed by atoms with Crippen LogP contribution in [0, 0.1) is 0 Å². The maximum Gasteiger partial charge on any atom is 0.337 e. The molecule has 0 bridgehead atoms. The molecule has 1 saturated heterocycles. The van der Waals surface area contributed by atoms with Gasteiger partial charge in [-0.1, -0.05) is 35.0 Å². The third-order valence-electron chi connectivity index (χ3n) is 3.94. The van der Waals surface area contributed by atoms with Crippen LogP contribution in [0.2, 0.25) is 10.0 Å². The van der Waals surface area contributed by atoms with Crippen molar-refractivity contribution >= 4 is 70.8 Å². The number of rotatable bonds is 5. The Bertz CT molecular complexity index is 888. The lowest BCUT2D eigenvalue weighted by atomic mass is 10.1. The molecular formula is C17H13Cl2NO6S2. The highest BCUT2D eigenvalue weighted by molar-refractivity contribution is 8.09. The molecule has 2 aliphatic heterocycles. The molecule has 0 saturated carbocycles. The lowest BCUT2D eigenvalue weighted by Crippen LogP contribution is -2.32. The number of aliphatic hydroxyl groups is 1. The predicted molar refractivity (Wildman–Crippen MR) is 104 cm³/mol. The minimum absolute atomic E-state index is 0.0249. The van der Waals surface area contributed by atoms with Crippen molar-refractivity contribution < 1.29 is 29.1 Å². The molecule has 11 heteroatoms. The topological polar surface area (TPSA) is 101 Å². The molecular weight excluding hydrogens is 449 g/mol. The Hall–Kier alpha value is -1.52. The molecule has 3 rings (SSSR count). The first-order valence-corrected chi connectivity index (χ1v) is 10.5. The third kappa shape index (κ3) is 4.23. The van der Waals surface area contributed by atoms with Crippen LogP contribution in [0.25, 0.3) is 0 Å². The first-order chi connectivity index (χ1) is 13.3. The number of imide groups is 1. The summed E-state index contributed by atoms with van der Waals surface area (Å²) in [6.07, 6.45) is -0.0247. The molecule has 1 atom stereocenters. The largest absolute Gasteiger partial charge is 0.395 e. The Morgan fingerprint density at radius 3 is 2.39 bits per heavy atom. The van der Waals surface area contributed by atoms with Crippen molar-refractivity contribution in [1.29, 1.82) is 0 Å². The summed E-state index contributed by atoms with van der Waals surface area (Å²) in [5.41, 5.74) is 0.0716. The summed E-state index contributed by atoms with van der Waals surface area (Å²) in [5.74, 6) is -2.14. The van der Waals surface area contributed by atoms with Gasteiger partial charge in [-0.15, -0.1) is 16.8 Å². The van der Waals surface area contributed by atoms with Crippen LogP contribution in [0.3, 0.4) is 0 Å². The van der Waals surface area contributed by atoms with E-state index in [2.05, 4.69) is 0 Å². The number of hydrogen-bond donors (Lipinski definition) is 1. The van der Waals surface area contributed by atoms with E-state index in [4.69, 9.17) is 28.0 Å². The highest BCUT2D eigenvalue weighted by Crippen LogP contribution is 2.53. The molecule has 0 spiro atoms. The van der Waals surface area contributed by atoms with E-state index in [-0.39, 0.29) is 25.0 Å². The zero-order valence-electron chi connectivity index (χ0n) is 14.1. The zero-order valence-corrected chi connectivity index (χ0v) is 17.3. The van der Waals surface area contributed by atoms with Crippen molar-refractivity contribution in [2.45, 2.75) is 34.3 Å². The summed E-state index contributed by atoms with van der Waals surface area (Å²) >= 11 is 14.8. The SMILES string of the molecule is O=C/C(CC(=O)ON1C(=O)CCC1=O)=C1\Sc2c(Cl)ccc(Cl)c2SC1CO. The van der Waals surface area contributed by atoms with Crippen LogP contribution in [-0.2, 0) is 24.0 Å². The van der Waals surface area contributed by atoms with Gasteiger partial charge in [0.05, 0.1) is 28.3 Å². The standard InChI is InChI=1S/C17H13Cl2NO6S2/c18-9-1-2-10(19)17-16(9)27-11(7-22)15(28-17)8(6-21)5-14(25)26-20-12(23)3-4-13(20)24/h1-2,6,11,22H,3-5,7H2/b15-8-. The van der Waals surface area contributed by atoms with Gasteiger partial charge in [-0.3, -0.25) is 14.4 Å². The van der Waals surface area contributed by atoms with Gasteiger partial charge in [0.25, 0.3) is 11.8 Å². The highest BCUT2D eigenvalue weighted by Gasteiger charge is 2.34. The van der Waals surface area contributed by atoms with Crippen LogP contribution in [0.4, 0.5) is 0 Å². The van der Waals surface area contributed by atoms with Crippen molar-refractivity contribution in [1.82, 2.24) is 5.06 Å². The van der Waals surface area contributed by atoms with Gasteiger partial charge in [-0.2, -0.15) is 0 Å². The monoisotopic (exact) mass is 461 g/mol. The van der Waals surface area contributed by atoms with Gasteiger partial charge in [-0.05, 0) is 12.1 Å². The molecule has 0 radical (unpaired) electrons. The number of fused-ring (bicyclic) bond motifs is 1. The maximum absolute atomic E-state index is 12.2. The van der Waals surface area contributed by atoms with Gasteiger partial charge in [0.1, 0.15) is 6.29 Å². The number of hydrogen-bond acceptors (Lipinski definition) is 8. The smallest absolute Gasteiger partial charge is 0.337 e. The van der Waals surface area contributed by atoms with E-state index in [0.29, 0.717) is 36.1 Å². The summed E-state index contributed by atoms with van der Waals surface area (Å²) < 4.78 is 0.